The largest absolute Gasteiger partial charge is 0.480 e. The maximum atomic E-state index is 12.3. The zero-order valence-corrected chi connectivity index (χ0v) is 14.2. The number of hydrogen-bond donors (Lipinski definition) is 3. The fourth-order valence-corrected chi connectivity index (χ4v) is 2.78. The fourth-order valence-electron chi connectivity index (χ4n) is 2.78. The third kappa shape index (κ3) is 5.82. The van der Waals surface area contributed by atoms with E-state index in [9.17, 15) is 14.4 Å². The van der Waals surface area contributed by atoms with Crippen LogP contribution >= 0.6 is 0 Å². The van der Waals surface area contributed by atoms with Crippen LogP contribution in [0.3, 0.4) is 0 Å². The number of rotatable bonds is 10. The molecule has 0 saturated heterocycles. The van der Waals surface area contributed by atoms with Gasteiger partial charge in [0.2, 0.25) is 11.8 Å². The van der Waals surface area contributed by atoms with Crippen molar-refractivity contribution in [3.8, 4) is 0 Å². The van der Waals surface area contributed by atoms with Crippen molar-refractivity contribution in [2.24, 2.45) is 11.3 Å². The average Bonchev–Trinajstić information content (AvgIpc) is 2.42. The van der Waals surface area contributed by atoms with Crippen LogP contribution in [0.5, 0.6) is 0 Å². The van der Waals surface area contributed by atoms with Gasteiger partial charge >= 0.3 is 5.97 Å². The molecule has 3 N–H and O–H groups in total. The van der Waals surface area contributed by atoms with Gasteiger partial charge in [-0.1, -0.05) is 20.3 Å². The van der Waals surface area contributed by atoms with Crippen molar-refractivity contribution in [3.05, 3.63) is 0 Å². The molecule has 0 aliphatic heterocycles. The SMILES string of the molecule is COCCC1(C(=O)NCC(=O)N[C@@H](CC(C)C)C(=O)O)CCC1. The van der Waals surface area contributed by atoms with Gasteiger partial charge in [0.25, 0.3) is 0 Å². The molecule has 0 spiro atoms. The zero-order valence-electron chi connectivity index (χ0n) is 14.2. The number of aliphatic carboxylic acids is 1. The first-order chi connectivity index (χ1) is 10.8. The summed E-state index contributed by atoms with van der Waals surface area (Å²) < 4.78 is 5.04. The van der Waals surface area contributed by atoms with Gasteiger partial charge in [0.15, 0.2) is 0 Å². The van der Waals surface area contributed by atoms with Crippen LogP contribution in [0.1, 0.15) is 46.0 Å². The molecule has 132 valence electrons. The molecule has 23 heavy (non-hydrogen) atoms. The normalized spacial score (nSPS) is 17.2. The first-order valence-corrected chi connectivity index (χ1v) is 8.10. The Morgan fingerprint density at radius 1 is 1.26 bits per heavy atom. The molecule has 1 atom stereocenters. The van der Waals surface area contributed by atoms with Crippen LogP contribution in [0, 0.1) is 11.3 Å². The highest BCUT2D eigenvalue weighted by Gasteiger charge is 2.43. The minimum absolute atomic E-state index is 0.147. The molecule has 0 aromatic rings. The molecule has 1 saturated carbocycles. The van der Waals surface area contributed by atoms with Crippen LogP contribution in [0.15, 0.2) is 0 Å². The monoisotopic (exact) mass is 328 g/mol. The van der Waals surface area contributed by atoms with Crippen LogP contribution < -0.4 is 10.6 Å². The number of carboxylic acid groups (broad SMARTS) is 1. The molecule has 0 aromatic carbocycles. The van der Waals surface area contributed by atoms with E-state index in [-0.39, 0.29) is 18.4 Å². The summed E-state index contributed by atoms with van der Waals surface area (Å²) >= 11 is 0. The highest BCUT2D eigenvalue weighted by Crippen LogP contribution is 2.44. The van der Waals surface area contributed by atoms with Gasteiger partial charge in [-0.3, -0.25) is 9.59 Å². The highest BCUT2D eigenvalue weighted by atomic mass is 16.5. The van der Waals surface area contributed by atoms with Crippen molar-refractivity contribution >= 4 is 17.8 Å². The maximum absolute atomic E-state index is 12.3. The molecular weight excluding hydrogens is 300 g/mol. The molecule has 0 unspecified atom stereocenters. The second kappa shape index (κ2) is 8.86. The van der Waals surface area contributed by atoms with Gasteiger partial charge in [-0.05, 0) is 31.6 Å². The first kappa shape index (κ1) is 19.4. The summed E-state index contributed by atoms with van der Waals surface area (Å²) in [5, 5.41) is 14.2. The predicted molar refractivity (Wildman–Crippen MR) is 84.8 cm³/mol. The van der Waals surface area contributed by atoms with Crippen molar-refractivity contribution in [2.45, 2.75) is 52.0 Å². The predicted octanol–water partition coefficient (Wildman–Crippen LogP) is 0.925. The zero-order chi connectivity index (χ0) is 17.5. The van der Waals surface area contributed by atoms with Gasteiger partial charge in [0, 0.05) is 13.7 Å². The van der Waals surface area contributed by atoms with Crippen molar-refractivity contribution < 1.29 is 24.2 Å². The van der Waals surface area contributed by atoms with Crippen LogP contribution in [-0.4, -0.2) is 49.2 Å². The van der Waals surface area contributed by atoms with E-state index >= 15 is 0 Å². The topological polar surface area (TPSA) is 105 Å². The van der Waals surface area contributed by atoms with Gasteiger partial charge in [0.1, 0.15) is 6.04 Å². The molecule has 0 heterocycles. The number of carboxylic acids is 1. The van der Waals surface area contributed by atoms with Crippen molar-refractivity contribution in [1.29, 1.82) is 0 Å². The van der Waals surface area contributed by atoms with Crippen LogP contribution in [0.2, 0.25) is 0 Å². The van der Waals surface area contributed by atoms with E-state index in [1.165, 1.54) is 0 Å². The van der Waals surface area contributed by atoms with Crippen LogP contribution in [0.25, 0.3) is 0 Å². The lowest BCUT2D eigenvalue weighted by Gasteiger charge is -2.40. The Morgan fingerprint density at radius 2 is 1.91 bits per heavy atom. The lowest BCUT2D eigenvalue weighted by atomic mass is 9.66. The second-order valence-corrected chi connectivity index (χ2v) is 6.65. The summed E-state index contributed by atoms with van der Waals surface area (Å²) in [6, 6.07) is -0.925. The molecule has 1 rings (SSSR count). The van der Waals surface area contributed by atoms with Crippen LogP contribution in [0.4, 0.5) is 0 Å². The summed E-state index contributed by atoms with van der Waals surface area (Å²) in [7, 11) is 1.60. The summed E-state index contributed by atoms with van der Waals surface area (Å²) in [6.07, 6.45) is 3.59. The Balaban J connectivity index is 2.45. The fraction of sp³-hybridized carbons (Fsp3) is 0.812. The van der Waals surface area contributed by atoms with E-state index in [2.05, 4.69) is 10.6 Å². The maximum Gasteiger partial charge on any atom is 0.326 e. The summed E-state index contributed by atoms with van der Waals surface area (Å²) in [6.45, 7) is 4.09. The number of hydrogen-bond acceptors (Lipinski definition) is 4. The molecule has 0 aromatic heterocycles. The van der Waals surface area contributed by atoms with E-state index in [1.807, 2.05) is 13.8 Å². The number of methoxy groups -OCH3 is 1. The standard InChI is InChI=1S/C16H28N2O5/c1-11(2)9-12(14(20)21)18-13(19)10-17-15(22)16(5-4-6-16)7-8-23-3/h11-12H,4-10H2,1-3H3,(H,17,22)(H,18,19)(H,20,21)/t12-/m0/s1. The number of carbonyl (C=O) groups excluding carboxylic acids is 2. The van der Waals surface area contributed by atoms with Gasteiger partial charge in [-0.2, -0.15) is 0 Å². The smallest absolute Gasteiger partial charge is 0.326 e. The van der Waals surface area contributed by atoms with Gasteiger partial charge < -0.3 is 20.5 Å². The Labute approximate surface area is 137 Å². The van der Waals surface area contributed by atoms with Crippen molar-refractivity contribution in [3.63, 3.8) is 0 Å². The molecular formula is C16H28N2O5. The van der Waals surface area contributed by atoms with E-state index in [0.29, 0.717) is 19.4 Å². The lowest BCUT2D eigenvalue weighted by Crippen LogP contribution is -2.51. The quantitative estimate of drug-likeness (QED) is 0.553. The molecule has 1 fully saturated rings. The summed E-state index contributed by atoms with van der Waals surface area (Å²) in [4.78, 5) is 35.3. The molecule has 7 heteroatoms. The third-order valence-electron chi connectivity index (χ3n) is 4.33. The number of ether oxygens (including phenoxy) is 1. The molecule has 7 nitrogen and oxygen atoms in total. The average molecular weight is 328 g/mol. The van der Waals surface area contributed by atoms with E-state index in [4.69, 9.17) is 9.84 Å². The molecule has 1 aliphatic carbocycles. The first-order valence-electron chi connectivity index (χ1n) is 8.10. The summed E-state index contributed by atoms with van der Waals surface area (Å²) in [5.74, 6) is -1.54. The lowest BCUT2D eigenvalue weighted by molar-refractivity contribution is -0.142. The Bertz CT molecular complexity index is 432. The highest BCUT2D eigenvalue weighted by molar-refractivity contribution is 5.90. The Kier molecular flexibility index (Phi) is 7.48. The second-order valence-electron chi connectivity index (χ2n) is 6.65. The number of nitrogens with one attached hydrogen (secondary N) is 2. The van der Waals surface area contributed by atoms with Crippen LogP contribution in [-0.2, 0) is 19.1 Å². The number of amides is 2. The van der Waals surface area contributed by atoms with Gasteiger partial charge in [-0.15, -0.1) is 0 Å². The molecule has 1 aliphatic rings. The minimum atomic E-state index is -1.06. The van der Waals surface area contributed by atoms with E-state index in [1.54, 1.807) is 7.11 Å². The molecule has 0 bridgehead atoms. The van der Waals surface area contributed by atoms with E-state index < -0.39 is 23.3 Å². The minimum Gasteiger partial charge on any atom is -0.480 e. The van der Waals surface area contributed by atoms with Gasteiger partial charge in [-0.25, -0.2) is 4.79 Å². The summed E-state index contributed by atoms with van der Waals surface area (Å²) in [5.41, 5.74) is -0.430. The molecule has 2 amide bonds. The number of carbonyl (C=O) groups is 3. The Morgan fingerprint density at radius 3 is 2.35 bits per heavy atom. The van der Waals surface area contributed by atoms with Gasteiger partial charge in [0.05, 0.1) is 12.0 Å². The van der Waals surface area contributed by atoms with Crippen molar-refractivity contribution in [2.75, 3.05) is 20.3 Å². The third-order valence-corrected chi connectivity index (χ3v) is 4.33. The van der Waals surface area contributed by atoms with Crippen molar-refractivity contribution in [1.82, 2.24) is 10.6 Å². The Hall–Kier alpha value is -1.63. The molecule has 0 radical (unpaired) electrons. The van der Waals surface area contributed by atoms with E-state index in [0.717, 1.165) is 19.3 Å².